The molecule has 1 heterocycles. The molecular formula is C14H20F3NO3. The first-order chi connectivity index (χ1) is 9.68. The Morgan fingerprint density at radius 3 is 2.38 bits per heavy atom. The van der Waals surface area contributed by atoms with Crippen LogP contribution < -0.4 is 0 Å². The number of nitrogens with zero attached hydrogens (tertiary/aromatic N) is 1. The van der Waals surface area contributed by atoms with Crippen LogP contribution in [0.1, 0.15) is 45.4 Å². The third-order valence-electron chi connectivity index (χ3n) is 4.87. The van der Waals surface area contributed by atoms with Gasteiger partial charge in [-0.3, -0.25) is 4.79 Å². The topological polar surface area (TPSA) is 57.6 Å². The van der Waals surface area contributed by atoms with E-state index in [-0.39, 0.29) is 25.8 Å². The number of carboxylic acid groups (broad SMARTS) is 1. The van der Waals surface area contributed by atoms with Crippen LogP contribution >= 0.6 is 0 Å². The van der Waals surface area contributed by atoms with Crippen LogP contribution in [0.25, 0.3) is 0 Å². The highest BCUT2D eigenvalue weighted by Crippen LogP contribution is 2.43. The van der Waals surface area contributed by atoms with E-state index in [0.717, 1.165) is 4.90 Å². The molecule has 0 bridgehead atoms. The van der Waals surface area contributed by atoms with E-state index in [1.165, 1.54) is 6.92 Å². The van der Waals surface area contributed by atoms with Gasteiger partial charge < -0.3 is 10.0 Å². The minimum absolute atomic E-state index is 0.0441. The monoisotopic (exact) mass is 307 g/mol. The maximum Gasteiger partial charge on any atom is 0.392 e. The van der Waals surface area contributed by atoms with Gasteiger partial charge in [-0.15, -0.1) is 0 Å². The van der Waals surface area contributed by atoms with E-state index in [9.17, 15) is 27.9 Å². The van der Waals surface area contributed by atoms with E-state index in [1.807, 2.05) is 0 Å². The van der Waals surface area contributed by atoms with E-state index in [4.69, 9.17) is 0 Å². The SMILES string of the molecule is CC1(C(=O)O)CCCN1C(=O)C1CCCCC1C(F)(F)F. The number of halogens is 3. The highest BCUT2D eigenvalue weighted by Gasteiger charge is 2.53. The molecule has 3 atom stereocenters. The molecule has 21 heavy (non-hydrogen) atoms. The highest BCUT2D eigenvalue weighted by atomic mass is 19.4. The van der Waals surface area contributed by atoms with Crippen molar-refractivity contribution in [2.24, 2.45) is 11.8 Å². The maximum atomic E-state index is 13.1. The zero-order chi connectivity index (χ0) is 15.8. The quantitative estimate of drug-likeness (QED) is 0.853. The van der Waals surface area contributed by atoms with Crippen LogP contribution in [0.5, 0.6) is 0 Å². The molecule has 1 aliphatic heterocycles. The summed E-state index contributed by atoms with van der Waals surface area (Å²) in [5.41, 5.74) is -1.37. The molecule has 1 N–H and O–H groups in total. The second-order valence-corrected chi connectivity index (χ2v) is 6.21. The molecule has 2 rings (SSSR count). The molecule has 0 radical (unpaired) electrons. The average molecular weight is 307 g/mol. The highest BCUT2D eigenvalue weighted by molar-refractivity contribution is 5.88. The molecule has 4 nitrogen and oxygen atoms in total. The van der Waals surface area contributed by atoms with Crippen molar-refractivity contribution in [1.29, 1.82) is 0 Å². The van der Waals surface area contributed by atoms with Crippen LogP contribution in [0.2, 0.25) is 0 Å². The Morgan fingerprint density at radius 2 is 1.81 bits per heavy atom. The van der Waals surface area contributed by atoms with Gasteiger partial charge >= 0.3 is 12.1 Å². The summed E-state index contributed by atoms with van der Waals surface area (Å²) in [5, 5.41) is 9.30. The van der Waals surface area contributed by atoms with Crippen molar-refractivity contribution in [1.82, 2.24) is 4.90 Å². The lowest BCUT2D eigenvalue weighted by molar-refractivity contribution is -0.202. The fraction of sp³-hybridized carbons (Fsp3) is 0.857. The predicted octanol–water partition coefficient (Wildman–Crippen LogP) is 2.82. The second-order valence-electron chi connectivity index (χ2n) is 6.21. The number of aliphatic carboxylic acids is 1. The summed E-state index contributed by atoms with van der Waals surface area (Å²) < 4.78 is 39.3. The molecule has 1 saturated heterocycles. The van der Waals surface area contributed by atoms with E-state index in [0.29, 0.717) is 19.3 Å². The standard InChI is InChI=1S/C14H20F3NO3/c1-13(12(20)21)7-4-8-18(13)11(19)9-5-2-3-6-10(9)14(15,16)17/h9-10H,2-8H2,1H3,(H,20,21). The molecule has 7 heteroatoms. The zero-order valence-corrected chi connectivity index (χ0v) is 11.9. The van der Waals surface area contributed by atoms with Gasteiger partial charge in [0.15, 0.2) is 0 Å². The molecule has 1 saturated carbocycles. The van der Waals surface area contributed by atoms with Gasteiger partial charge in [-0.05, 0) is 32.6 Å². The molecule has 1 amide bonds. The first-order valence-electron chi connectivity index (χ1n) is 7.29. The molecule has 0 aromatic heterocycles. The van der Waals surface area contributed by atoms with Crippen molar-refractivity contribution in [3.8, 4) is 0 Å². The van der Waals surface area contributed by atoms with Crippen LogP contribution in [-0.2, 0) is 9.59 Å². The van der Waals surface area contributed by atoms with Gasteiger partial charge in [0.2, 0.25) is 5.91 Å². The molecule has 1 aliphatic carbocycles. The molecule has 0 spiro atoms. The summed E-state index contributed by atoms with van der Waals surface area (Å²) in [6.45, 7) is 1.65. The van der Waals surface area contributed by atoms with Crippen molar-refractivity contribution >= 4 is 11.9 Å². The van der Waals surface area contributed by atoms with Crippen LogP contribution in [0.3, 0.4) is 0 Å². The van der Waals surface area contributed by atoms with E-state index >= 15 is 0 Å². The lowest BCUT2D eigenvalue weighted by Gasteiger charge is -2.38. The predicted molar refractivity (Wildman–Crippen MR) is 68.5 cm³/mol. The Bertz CT molecular complexity index is 438. The summed E-state index contributed by atoms with van der Waals surface area (Å²) in [6.07, 6.45) is -2.41. The zero-order valence-electron chi connectivity index (χ0n) is 11.9. The van der Waals surface area contributed by atoms with Crippen LogP contribution in [0, 0.1) is 11.8 Å². The summed E-state index contributed by atoms with van der Waals surface area (Å²) in [7, 11) is 0. The number of carbonyl (C=O) groups is 2. The minimum atomic E-state index is -4.40. The lowest BCUT2D eigenvalue weighted by Crippen LogP contribution is -2.54. The van der Waals surface area contributed by atoms with Crippen molar-refractivity contribution in [3.05, 3.63) is 0 Å². The van der Waals surface area contributed by atoms with Crippen LogP contribution in [-0.4, -0.2) is 40.1 Å². The van der Waals surface area contributed by atoms with E-state index in [1.54, 1.807) is 0 Å². The van der Waals surface area contributed by atoms with Gasteiger partial charge in [0.1, 0.15) is 5.54 Å². The van der Waals surface area contributed by atoms with Gasteiger partial charge in [0.25, 0.3) is 0 Å². The van der Waals surface area contributed by atoms with Gasteiger partial charge in [-0.2, -0.15) is 13.2 Å². The van der Waals surface area contributed by atoms with Crippen molar-refractivity contribution < 1.29 is 27.9 Å². The fourth-order valence-electron chi connectivity index (χ4n) is 3.56. The van der Waals surface area contributed by atoms with Gasteiger partial charge in [0.05, 0.1) is 5.92 Å². The third kappa shape index (κ3) is 2.87. The van der Waals surface area contributed by atoms with Crippen LogP contribution in [0.15, 0.2) is 0 Å². The summed E-state index contributed by atoms with van der Waals surface area (Å²) >= 11 is 0. The fourth-order valence-corrected chi connectivity index (χ4v) is 3.56. The molecule has 3 unspecified atom stereocenters. The Balaban J connectivity index is 2.23. The normalized spacial score (nSPS) is 34.0. The largest absolute Gasteiger partial charge is 0.480 e. The Kier molecular flexibility index (Phi) is 4.22. The van der Waals surface area contributed by atoms with Crippen LogP contribution in [0.4, 0.5) is 13.2 Å². The minimum Gasteiger partial charge on any atom is -0.480 e. The number of alkyl halides is 3. The number of hydrogen-bond acceptors (Lipinski definition) is 2. The van der Waals surface area contributed by atoms with Crippen molar-refractivity contribution in [2.75, 3.05) is 6.54 Å². The molecule has 2 aliphatic rings. The lowest BCUT2D eigenvalue weighted by atomic mass is 9.77. The number of carboxylic acids is 1. The van der Waals surface area contributed by atoms with E-state index < -0.39 is 35.4 Å². The van der Waals surface area contributed by atoms with Gasteiger partial charge in [0, 0.05) is 12.5 Å². The van der Waals surface area contributed by atoms with Crippen molar-refractivity contribution in [3.63, 3.8) is 0 Å². The van der Waals surface area contributed by atoms with Gasteiger partial charge in [-0.1, -0.05) is 12.8 Å². The van der Waals surface area contributed by atoms with Crippen molar-refractivity contribution in [2.45, 2.75) is 57.2 Å². The number of likely N-dealkylation sites (tertiary alicyclic amines) is 1. The molecule has 0 aromatic carbocycles. The smallest absolute Gasteiger partial charge is 0.392 e. The maximum absolute atomic E-state index is 13.1. The Morgan fingerprint density at radius 1 is 1.19 bits per heavy atom. The van der Waals surface area contributed by atoms with E-state index in [2.05, 4.69) is 0 Å². The molecule has 0 aromatic rings. The molecular weight excluding hydrogens is 287 g/mol. The number of rotatable bonds is 2. The first-order valence-corrected chi connectivity index (χ1v) is 7.29. The van der Waals surface area contributed by atoms with Gasteiger partial charge in [-0.25, -0.2) is 4.79 Å². The molecule has 2 fully saturated rings. The Labute approximate surface area is 121 Å². The number of amides is 1. The first kappa shape index (κ1) is 16.1. The summed E-state index contributed by atoms with van der Waals surface area (Å²) in [6, 6.07) is 0. The Hall–Kier alpha value is -1.27. The third-order valence-corrected chi connectivity index (χ3v) is 4.87. The number of carbonyl (C=O) groups excluding carboxylic acids is 1. The molecule has 120 valence electrons. The average Bonchev–Trinajstić information content (AvgIpc) is 2.80. The number of hydrogen-bond donors (Lipinski definition) is 1. The summed E-state index contributed by atoms with van der Waals surface area (Å²) in [5.74, 6) is -4.56. The summed E-state index contributed by atoms with van der Waals surface area (Å²) in [4.78, 5) is 25.1. The second kappa shape index (κ2) is 5.50.